The number of carbonyl (C=O) groups excluding carboxylic acids is 2. The van der Waals surface area contributed by atoms with Gasteiger partial charge in [-0.05, 0) is 50.6 Å². The molecule has 7 heteroatoms. The molecule has 142 valence electrons. The van der Waals surface area contributed by atoms with Crippen molar-refractivity contribution in [2.24, 2.45) is 0 Å². The second kappa shape index (κ2) is 9.26. The van der Waals surface area contributed by atoms with E-state index in [1.165, 1.54) is 7.11 Å². The molecule has 0 aliphatic heterocycles. The van der Waals surface area contributed by atoms with E-state index in [1.54, 1.807) is 0 Å². The third-order valence-electron chi connectivity index (χ3n) is 4.34. The van der Waals surface area contributed by atoms with Crippen LogP contribution < -0.4 is 0 Å². The van der Waals surface area contributed by atoms with Crippen LogP contribution in [0, 0.1) is 0 Å². The molecule has 24 heavy (non-hydrogen) atoms. The van der Waals surface area contributed by atoms with Gasteiger partial charge in [0, 0.05) is 6.42 Å². The van der Waals surface area contributed by atoms with Crippen LogP contribution in [0.4, 0.5) is 0 Å². The molecule has 0 aromatic heterocycles. The molecule has 0 radical (unpaired) electrons. The number of hydrogen-bond acceptors (Lipinski definition) is 5. The quantitative estimate of drug-likeness (QED) is 0.326. The monoisotopic (exact) mass is 376 g/mol. The zero-order valence-corrected chi connectivity index (χ0v) is 18.9. The largest absolute Gasteiger partial charge is 0.469 e. The summed E-state index contributed by atoms with van der Waals surface area (Å²) in [5.74, 6) is -0.241. The smallest absolute Gasteiger partial charge is 0.305 e. The third-order valence-corrected chi connectivity index (χ3v) is 9.82. The van der Waals surface area contributed by atoms with Gasteiger partial charge in [-0.1, -0.05) is 20.8 Å². The number of rotatable bonds is 10. The zero-order valence-electron chi connectivity index (χ0n) is 16.9. The lowest BCUT2D eigenvalue weighted by Crippen LogP contribution is -2.50. The molecule has 0 heterocycles. The second-order valence-electron chi connectivity index (χ2n) is 8.72. The summed E-state index contributed by atoms with van der Waals surface area (Å²) in [5, 5.41) is 0.0419. The SMILES string of the molecule is COC(=O)CCC[C@H](O[Si](C)(C)C(C)(C)C)[C@@H](C=O)O[Si](C)(C)C. The Morgan fingerprint density at radius 2 is 1.62 bits per heavy atom. The number of aldehydes is 1. The van der Waals surface area contributed by atoms with Crippen LogP contribution in [0.25, 0.3) is 0 Å². The molecule has 0 unspecified atom stereocenters. The maximum Gasteiger partial charge on any atom is 0.305 e. The third kappa shape index (κ3) is 8.55. The van der Waals surface area contributed by atoms with Gasteiger partial charge in [-0.3, -0.25) is 4.79 Å². The normalized spacial score (nSPS) is 15.7. The van der Waals surface area contributed by atoms with Crippen molar-refractivity contribution in [1.82, 2.24) is 0 Å². The summed E-state index contributed by atoms with van der Waals surface area (Å²) in [6.45, 7) is 17.0. The van der Waals surface area contributed by atoms with Crippen LogP contribution in [-0.2, 0) is 23.2 Å². The van der Waals surface area contributed by atoms with Crippen LogP contribution in [0.5, 0.6) is 0 Å². The first-order chi connectivity index (χ1) is 10.7. The molecule has 0 bridgehead atoms. The van der Waals surface area contributed by atoms with Crippen molar-refractivity contribution in [1.29, 1.82) is 0 Å². The highest BCUT2D eigenvalue weighted by atomic mass is 28.4. The van der Waals surface area contributed by atoms with E-state index in [0.717, 1.165) is 6.29 Å². The maximum absolute atomic E-state index is 11.7. The molecule has 0 saturated carbocycles. The van der Waals surface area contributed by atoms with Gasteiger partial charge in [0.15, 0.2) is 16.6 Å². The summed E-state index contributed by atoms with van der Waals surface area (Å²) in [7, 11) is -2.54. The molecule has 0 aromatic rings. The summed E-state index contributed by atoms with van der Waals surface area (Å²) < 4.78 is 17.2. The van der Waals surface area contributed by atoms with Crippen LogP contribution in [0.2, 0.25) is 37.8 Å². The van der Waals surface area contributed by atoms with Gasteiger partial charge in [0.05, 0.1) is 13.2 Å². The molecule has 0 amide bonds. The molecule has 0 fully saturated rings. The fourth-order valence-corrected chi connectivity index (χ4v) is 4.38. The molecule has 5 nitrogen and oxygen atoms in total. The lowest BCUT2D eigenvalue weighted by molar-refractivity contribution is -0.140. The summed E-state index contributed by atoms with van der Waals surface area (Å²) >= 11 is 0. The van der Waals surface area contributed by atoms with E-state index < -0.39 is 22.7 Å². The van der Waals surface area contributed by atoms with Crippen molar-refractivity contribution in [3.05, 3.63) is 0 Å². The predicted molar refractivity (Wildman–Crippen MR) is 102 cm³/mol. The minimum absolute atomic E-state index is 0.0419. The van der Waals surface area contributed by atoms with E-state index in [4.69, 9.17) is 8.85 Å². The lowest BCUT2D eigenvalue weighted by atomic mass is 10.1. The highest BCUT2D eigenvalue weighted by Crippen LogP contribution is 2.38. The standard InChI is InChI=1S/C17H36O5Si2/c1-17(2,3)24(8,9)22-14(11-10-12-16(19)20-4)15(13-18)21-23(5,6)7/h13-15H,10-12H2,1-9H3/t14-,15+/m0/s1. The molecule has 0 aliphatic rings. The van der Waals surface area contributed by atoms with Crippen LogP contribution in [-0.4, -0.2) is 48.2 Å². The van der Waals surface area contributed by atoms with E-state index >= 15 is 0 Å². The van der Waals surface area contributed by atoms with Crippen molar-refractivity contribution in [3.63, 3.8) is 0 Å². The van der Waals surface area contributed by atoms with E-state index in [-0.39, 0.29) is 17.1 Å². The van der Waals surface area contributed by atoms with Crippen molar-refractivity contribution in [3.8, 4) is 0 Å². The maximum atomic E-state index is 11.7. The molecule has 2 atom stereocenters. The Hall–Kier alpha value is -0.506. The minimum atomic E-state index is -2.05. The van der Waals surface area contributed by atoms with Gasteiger partial charge in [0.1, 0.15) is 12.4 Å². The summed E-state index contributed by atoms with van der Waals surface area (Å²) in [6.07, 6.45) is 1.50. The van der Waals surface area contributed by atoms with Crippen LogP contribution in [0.15, 0.2) is 0 Å². The highest BCUT2D eigenvalue weighted by Gasteiger charge is 2.41. The van der Waals surface area contributed by atoms with Gasteiger partial charge >= 0.3 is 5.97 Å². The summed E-state index contributed by atoms with van der Waals surface area (Å²) in [4.78, 5) is 23.0. The van der Waals surface area contributed by atoms with Gasteiger partial charge in [-0.15, -0.1) is 0 Å². The Balaban J connectivity index is 5.19. The van der Waals surface area contributed by atoms with Gasteiger partial charge in [0.2, 0.25) is 0 Å². The van der Waals surface area contributed by atoms with Crippen LogP contribution >= 0.6 is 0 Å². The summed E-state index contributed by atoms with van der Waals surface area (Å²) in [5.41, 5.74) is 0. The highest BCUT2D eigenvalue weighted by molar-refractivity contribution is 6.74. The Morgan fingerprint density at radius 1 is 1.08 bits per heavy atom. The predicted octanol–water partition coefficient (Wildman–Crippen LogP) is 4.14. The summed E-state index contributed by atoms with van der Waals surface area (Å²) in [6, 6.07) is 0. The van der Waals surface area contributed by atoms with Gasteiger partial charge in [0.25, 0.3) is 0 Å². The molecular formula is C17H36O5Si2. The molecule has 0 saturated heterocycles. The Kier molecular flexibility index (Phi) is 9.07. The first-order valence-corrected chi connectivity index (χ1v) is 14.9. The molecule has 0 aromatic carbocycles. The second-order valence-corrected chi connectivity index (χ2v) is 17.9. The first-order valence-electron chi connectivity index (χ1n) is 8.61. The minimum Gasteiger partial charge on any atom is -0.469 e. The number of esters is 1. The Bertz CT molecular complexity index is 410. The van der Waals surface area contributed by atoms with Crippen molar-refractivity contribution < 1.29 is 23.2 Å². The van der Waals surface area contributed by atoms with Gasteiger partial charge in [-0.25, -0.2) is 0 Å². The van der Waals surface area contributed by atoms with E-state index in [9.17, 15) is 9.59 Å². The Morgan fingerprint density at radius 3 is 2.00 bits per heavy atom. The first kappa shape index (κ1) is 23.5. The Labute approximate surface area is 149 Å². The topological polar surface area (TPSA) is 61.8 Å². The number of carbonyl (C=O) groups is 2. The molecular weight excluding hydrogens is 340 g/mol. The van der Waals surface area contributed by atoms with Gasteiger partial charge in [-0.2, -0.15) is 0 Å². The van der Waals surface area contributed by atoms with Crippen molar-refractivity contribution >= 4 is 28.9 Å². The van der Waals surface area contributed by atoms with E-state index in [2.05, 4.69) is 58.2 Å². The average Bonchev–Trinajstić information content (AvgIpc) is 2.41. The average molecular weight is 377 g/mol. The van der Waals surface area contributed by atoms with Crippen molar-refractivity contribution in [2.75, 3.05) is 7.11 Å². The molecule has 0 spiro atoms. The molecule has 0 N–H and O–H groups in total. The zero-order chi connectivity index (χ0) is 19.2. The number of hydrogen-bond donors (Lipinski definition) is 0. The fourth-order valence-electron chi connectivity index (χ4n) is 1.99. The number of ether oxygens (including phenoxy) is 1. The van der Waals surface area contributed by atoms with Gasteiger partial charge < -0.3 is 18.4 Å². The lowest BCUT2D eigenvalue weighted by Gasteiger charge is -2.41. The fraction of sp³-hybridized carbons (Fsp3) is 0.882. The number of methoxy groups -OCH3 is 1. The van der Waals surface area contributed by atoms with Crippen LogP contribution in [0.1, 0.15) is 40.0 Å². The van der Waals surface area contributed by atoms with E-state index in [0.29, 0.717) is 19.3 Å². The van der Waals surface area contributed by atoms with E-state index in [1.807, 2.05) is 0 Å². The van der Waals surface area contributed by atoms with Crippen molar-refractivity contribution in [2.45, 2.75) is 90.0 Å². The molecule has 0 rings (SSSR count). The molecule has 0 aliphatic carbocycles. The van der Waals surface area contributed by atoms with Crippen LogP contribution in [0.3, 0.4) is 0 Å².